The third-order valence-electron chi connectivity index (χ3n) is 7.00. The van der Waals surface area contributed by atoms with Gasteiger partial charge in [0.15, 0.2) is 5.78 Å². The van der Waals surface area contributed by atoms with Crippen molar-refractivity contribution in [3.05, 3.63) is 88.3 Å². The fraction of sp³-hybridized carbons (Fsp3) is 0.323. The summed E-state index contributed by atoms with van der Waals surface area (Å²) < 4.78 is 18.0. The smallest absolute Gasteiger partial charge is 0.194 e. The lowest BCUT2D eigenvalue weighted by Gasteiger charge is -2.23. The Bertz CT molecular complexity index is 1360. The van der Waals surface area contributed by atoms with Gasteiger partial charge in [-0.2, -0.15) is 0 Å². The van der Waals surface area contributed by atoms with Crippen molar-refractivity contribution in [3.8, 4) is 17.2 Å². The van der Waals surface area contributed by atoms with Crippen LogP contribution in [0.1, 0.15) is 52.0 Å². The van der Waals surface area contributed by atoms with Crippen molar-refractivity contribution >= 4 is 27.2 Å². The van der Waals surface area contributed by atoms with Gasteiger partial charge in [0.1, 0.15) is 17.2 Å². The van der Waals surface area contributed by atoms with Crippen molar-refractivity contribution in [3.63, 3.8) is 0 Å². The SMILES string of the molecule is COc1ccc2c(C(=O)c3ccc(OCCC4CCCCN4)cc3)c(Cc3ccccc3OC)sc2c1. The molecule has 1 N–H and O–H groups in total. The molecule has 1 atom stereocenters. The first-order valence-electron chi connectivity index (χ1n) is 12.9. The van der Waals surface area contributed by atoms with Gasteiger partial charge in [0.25, 0.3) is 0 Å². The first kappa shape index (κ1) is 25.3. The Balaban J connectivity index is 1.39. The maximum atomic E-state index is 13.9. The summed E-state index contributed by atoms with van der Waals surface area (Å²) >= 11 is 1.63. The molecule has 1 aliphatic heterocycles. The molecular weight excluding hydrogens is 482 g/mol. The van der Waals surface area contributed by atoms with E-state index >= 15 is 0 Å². The second kappa shape index (κ2) is 11.8. The van der Waals surface area contributed by atoms with Crippen molar-refractivity contribution in [1.29, 1.82) is 0 Å². The molecule has 0 saturated carbocycles. The molecule has 1 aliphatic rings. The standard InChI is InChI=1S/C31H33NO4S/c1-34-25-14-15-26-28(20-25)37-29(19-22-7-3-4-9-27(22)35-2)30(26)31(33)21-10-12-24(13-11-21)36-18-16-23-8-5-6-17-32-23/h3-4,7,9-15,20,23,32H,5-6,8,16-19H2,1-2H3. The van der Waals surface area contributed by atoms with Crippen molar-refractivity contribution in [2.45, 2.75) is 38.1 Å². The Labute approximate surface area is 222 Å². The van der Waals surface area contributed by atoms with Crippen molar-refractivity contribution in [2.75, 3.05) is 27.4 Å². The van der Waals surface area contributed by atoms with Gasteiger partial charge < -0.3 is 19.5 Å². The highest BCUT2D eigenvalue weighted by Crippen LogP contribution is 2.37. The van der Waals surface area contributed by atoms with E-state index in [2.05, 4.69) is 5.32 Å². The zero-order valence-corrected chi connectivity index (χ0v) is 22.2. The van der Waals surface area contributed by atoms with E-state index in [1.54, 1.807) is 25.6 Å². The van der Waals surface area contributed by atoms with Crippen molar-refractivity contribution < 1.29 is 19.0 Å². The van der Waals surface area contributed by atoms with Gasteiger partial charge in [-0.15, -0.1) is 11.3 Å². The number of methoxy groups -OCH3 is 2. The fourth-order valence-corrected chi connectivity index (χ4v) is 6.24. The summed E-state index contributed by atoms with van der Waals surface area (Å²) in [6, 6.07) is 22.0. The second-order valence-electron chi connectivity index (χ2n) is 9.39. The van der Waals surface area contributed by atoms with E-state index in [-0.39, 0.29) is 5.78 Å². The molecule has 0 spiro atoms. The van der Waals surface area contributed by atoms with Gasteiger partial charge in [-0.3, -0.25) is 4.79 Å². The van der Waals surface area contributed by atoms with E-state index in [9.17, 15) is 4.79 Å². The number of piperidine rings is 1. The van der Waals surface area contributed by atoms with Gasteiger partial charge in [0, 0.05) is 38.6 Å². The van der Waals surface area contributed by atoms with E-state index < -0.39 is 0 Å². The second-order valence-corrected chi connectivity index (χ2v) is 10.5. The van der Waals surface area contributed by atoms with Crippen molar-refractivity contribution in [1.82, 2.24) is 5.32 Å². The maximum absolute atomic E-state index is 13.9. The molecule has 0 bridgehead atoms. The highest BCUT2D eigenvalue weighted by molar-refractivity contribution is 7.19. The van der Waals surface area contributed by atoms with Crippen LogP contribution in [-0.2, 0) is 6.42 Å². The first-order chi connectivity index (χ1) is 18.2. The van der Waals surface area contributed by atoms with Crippen LogP contribution >= 0.6 is 11.3 Å². The topological polar surface area (TPSA) is 56.8 Å². The third-order valence-corrected chi connectivity index (χ3v) is 8.16. The zero-order chi connectivity index (χ0) is 25.6. The lowest BCUT2D eigenvalue weighted by molar-refractivity contribution is 0.104. The predicted molar refractivity (Wildman–Crippen MR) is 150 cm³/mol. The minimum absolute atomic E-state index is 0.0132. The maximum Gasteiger partial charge on any atom is 0.194 e. The lowest BCUT2D eigenvalue weighted by atomic mass is 9.97. The molecule has 0 amide bonds. The molecule has 6 heteroatoms. The number of ether oxygens (including phenoxy) is 3. The molecule has 1 unspecified atom stereocenters. The molecule has 4 aromatic rings. The van der Waals surface area contributed by atoms with Gasteiger partial charge in [0.2, 0.25) is 0 Å². The molecule has 5 nitrogen and oxygen atoms in total. The predicted octanol–water partition coefficient (Wildman–Crippen LogP) is 6.65. The Morgan fingerprint density at radius 3 is 2.54 bits per heavy atom. The normalized spacial score (nSPS) is 15.5. The number of nitrogens with one attached hydrogen (secondary N) is 1. The summed E-state index contributed by atoms with van der Waals surface area (Å²) in [5.74, 6) is 2.41. The highest BCUT2D eigenvalue weighted by Gasteiger charge is 2.22. The van der Waals surface area contributed by atoms with Gasteiger partial charge >= 0.3 is 0 Å². The average molecular weight is 516 g/mol. The third kappa shape index (κ3) is 5.81. The van der Waals surface area contributed by atoms with E-state index in [4.69, 9.17) is 14.2 Å². The summed E-state index contributed by atoms with van der Waals surface area (Å²) in [6.45, 7) is 1.77. The average Bonchev–Trinajstić information content (AvgIpc) is 3.30. The Kier molecular flexibility index (Phi) is 8.07. The number of thiophene rings is 1. The first-order valence-corrected chi connectivity index (χ1v) is 13.7. The van der Waals surface area contributed by atoms with E-state index in [0.717, 1.165) is 56.3 Å². The minimum atomic E-state index is 0.0132. The number of carbonyl (C=O) groups is 1. The van der Waals surface area contributed by atoms with Crippen LogP contribution in [0.15, 0.2) is 66.7 Å². The summed E-state index contributed by atoms with van der Waals surface area (Å²) in [5, 5.41) is 4.50. The number of hydrogen-bond donors (Lipinski definition) is 1. The van der Waals surface area contributed by atoms with Crippen LogP contribution in [0.25, 0.3) is 10.1 Å². The molecule has 37 heavy (non-hydrogen) atoms. The Morgan fingerprint density at radius 2 is 1.78 bits per heavy atom. The molecule has 1 aromatic heterocycles. The number of ketones is 1. The van der Waals surface area contributed by atoms with Gasteiger partial charge in [0.05, 0.1) is 20.8 Å². The number of hydrogen-bond acceptors (Lipinski definition) is 6. The monoisotopic (exact) mass is 515 g/mol. The molecule has 1 saturated heterocycles. The zero-order valence-electron chi connectivity index (χ0n) is 21.4. The Hall–Kier alpha value is -3.35. The summed E-state index contributed by atoms with van der Waals surface area (Å²) in [7, 11) is 3.34. The number of rotatable bonds is 10. The molecule has 3 aromatic carbocycles. The molecule has 0 aliphatic carbocycles. The van der Waals surface area contributed by atoms with Crippen LogP contribution in [0, 0.1) is 0 Å². The summed E-state index contributed by atoms with van der Waals surface area (Å²) in [5.41, 5.74) is 2.44. The van der Waals surface area contributed by atoms with Gasteiger partial charge in [-0.25, -0.2) is 0 Å². The van der Waals surface area contributed by atoms with E-state index in [0.29, 0.717) is 24.6 Å². The lowest BCUT2D eigenvalue weighted by Crippen LogP contribution is -2.35. The molecular formula is C31H33NO4S. The van der Waals surface area contributed by atoms with E-state index in [1.807, 2.05) is 66.7 Å². The summed E-state index contributed by atoms with van der Waals surface area (Å²) in [6.07, 6.45) is 5.38. The fourth-order valence-electron chi connectivity index (χ4n) is 4.99. The molecule has 5 rings (SSSR count). The molecule has 192 valence electrons. The van der Waals surface area contributed by atoms with Crippen LogP contribution in [0.2, 0.25) is 0 Å². The quantitative estimate of drug-likeness (QED) is 0.240. The minimum Gasteiger partial charge on any atom is -0.497 e. The van der Waals surface area contributed by atoms with Crippen LogP contribution in [0.4, 0.5) is 0 Å². The van der Waals surface area contributed by atoms with Crippen LogP contribution in [0.5, 0.6) is 17.2 Å². The number of benzene rings is 3. The van der Waals surface area contributed by atoms with Crippen molar-refractivity contribution in [2.24, 2.45) is 0 Å². The number of fused-ring (bicyclic) bond motifs is 1. The largest absolute Gasteiger partial charge is 0.497 e. The van der Waals surface area contributed by atoms with Crippen LogP contribution in [-0.4, -0.2) is 39.2 Å². The van der Waals surface area contributed by atoms with Crippen LogP contribution < -0.4 is 19.5 Å². The highest BCUT2D eigenvalue weighted by atomic mass is 32.1. The Morgan fingerprint density at radius 1 is 0.973 bits per heavy atom. The molecule has 0 radical (unpaired) electrons. The van der Waals surface area contributed by atoms with Crippen LogP contribution in [0.3, 0.4) is 0 Å². The number of carbonyl (C=O) groups excluding carboxylic acids is 1. The summed E-state index contributed by atoms with van der Waals surface area (Å²) in [4.78, 5) is 14.9. The molecule has 1 fully saturated rings. The molecule has 2 heterocycles. The van der Waals surface area contributed by atoms with Gasteiger partial charge in [-0.05, 0) is 79.9 Å². The van der Waals surface area contributed by atoms with E-state index in [1.165, 1.54) is 19.3 Å². The van der Waals surface area contributed by atoms with Gasteiger partial charge in [-0.1, -0.05) is 24.6 Å². The number of para-hydroxylation sites is 1.